The van der Waals surface area contributed by atoms with Crippen LogP contribution in [0.25, 0.3) is 0 Å². The van der Waals surface area contributed by atoms with E-state index in [1.54, 1.807) is 6.20 Å². The number of aromatic nitrogens is 2. The van der Waals surface area contributed by atoms with Gasteiger partial charge in [-0.2, -0.15) is 0 Å². The first-order valence-corrected chi connectivity index (χ1v) is 5.11. The van der Waals surface area contributed by atoms with E-state index in [0.717, 1.165) is 9.26 Å². The SMILES string of the molecule is C=CCC(=O)Nc1ncc(C)c(I)n1. The van der Waals surface area contributed by atoms with Crippen LogP contribution in [-0.2, 0) is 4.79 Å². The van der Waals surface area contributed by atoms with Gasteiger partial charge in [0.15, 0.2) is 0 Å². The second kappa shape index (κ2) is 5.04. The van der Waals surface area contributed by atoms with E-state index >= 15 is 0 Å². The maximum atomic E-state index is 11.1. The van der Waals surface area contributed by atoms with Crippen LogP contribution in [-0.4, -0.2) is 15.9 Å². The fourth-order valence-corrected chi connectivity index (χ4v) is 1.16. The summed E-state index contributed by atoms with van der Waals surface area (Å²) in [5.74, 6) is 0.187. The maximum Gasteiger partial charge on any atom is 0.230 e. The van der Waals surface area contributed by atoms with Crippen LogP contribution in [0.4, 0.5) is 5.95 Å². The van der Waals surface area contributed by atoms with Gasteiger partial charge < -0.3 is 0 Å². The molecule has 0 bridgehead atoms. The highest BCUT2D eigenvalue weighted by Crippen LogP contribution is 2.09. The van der Waals surface area contributed by atoms with Gasteiger partial charge in [-0.25, -0.2) is 9.97 Å². The average Bonchev–Trinajstić information content (AvgIpc) is 2.12. The van der Waals surface area contributed by atoms with Gasteiger partial charge in [0.25, 0.3) is 0 Å². The molecule has 1 rings (SSSR count). The van der Waals surface area contributed by atoms with Crippen LogP contribution in [0.1, 0.15) is 12.0 Å². The Hall–Kier alpha value is -0.980. The van der Waals surface area contributed by atoms with E-state index in [-0.39, 0.29) is 12.3 Å². The number of hydrogen-bond acceptors (Lipinski definition) is 3. The number of halogens is 1. The lowest BCUT2D eigenvalue weighted by Crippen LogP contribution is -2.13. The smallest absolute Gasteiger partial charge is 0.230 e. The summed E-state index contributed by atoms with van der Waals surface area (Å²) < 4.78 is 0.839. The molecule has 14 heavy (non-hydrogen) atoms. The van der Waals surface area contributed by atoms with Crippen LogP contribution < -0.4 is 5.32 Å². The minimum Gasteiger partial charge on any atom is -0.294 e. The summed E-state index contributed by atoms with van der Waals surface area (Å²) in [7, 11) is 0. The zero-order valence-corrected chi connectivity index (χ0v) is 9.91. The van der Waals surface area contributed by atoms with Crippen molar-refractivity contribution in [3.05, 3.63) is 28.1 Å². The highest BCUT2D eigenvalue weighted by molar-refractivity contribution is 14.1. The van der Waals surface area contributed by atoms with E-state index < -0.39 is 0 Å². The predicted octanol–water partition coefficient (Wildman–Crippen LogP) is 1.90. The standard InChI is InChI=1S/C9H10IN3O/c1-3-4-7(14)12-9-11-5-6(2)8(10)13-9/h3,5H,1,4H2,2H3,(H,11,12,13,14). The maximum absolute atomic E-state index is 11.1. The van der Waals surface area contributed by atoms with Gasteiger partial charge in [-0.15, -0.1) is 6.58 Å². The van der Waals surface area contributed by atoms with Crippen molar-refractivity contribution < 1.29 is 4.79 Å². The number of aryl methyl sites for hydroxylation is 1. The fourth-order valence-electron chi connectivity index (χ4n) is 0.788. The first-order chi connectivity index (χ1) is 6.63. The molecule has 0 unspecified atom stereocenters. The normalized spacial score (nSPS) is 9.57. The van der Waals surface area contributed by atoms with Gasteiger partial charge in [-0.05, 0) is 35.1 Å². The minimum absolute atomic E-state index is 0.153. The van der Waals surface area contributed by atoms with Crippen molar-refractivity contribution in [1.82, 2.24) is 9.97 Å². The Labute approximate surface area is 96.0 Å². The van der Waals surface area contributed by atoms with Crippen molar-refractivity contribution in [3.63, 3.8) is 0 Å². The molecule has 0 spiro atoms. The van der Waals surface area contributed by atoms with Gasteiger partial charge in [0.1, 0.15) is 3.70 Å². The molecule has 0 aliphatic carbocycles. The van der Waals surface area contributed by atoms with Crippen molar-refractivity contribution in [2.75, 3.05) is 5.32 Å². The van der Waals surface area contributed by atoms with Crippen LogP contribution in [0, 0.1) is 10.6 Å². The third kappa shape index (κ3) is 3.06. The van der Waals surface area contributed by atoms with Crippen LogP contribution in [0.15, 0.2) is 18.9 Å². The third-order valence-electron chi connectivity index (χ3n) is 1.49. The average molecular weight is 303 g/mol. The minimum atomic E-state index is -0.153. The number of carbonyl (C=O) groups excluding carboxylic acids is 1. The van der Waals surface area contributed by atoms with Crippen LogP contribution in [0.3, 0.4) is 0 Å². The van der Waals surface area contributed by atoms with Gasteiger partial charge in [0, 0.05) is 12.6 Å². The number of anilines is 1. The lowest BCUT2D eigenvalue weighted by molar-refractivity contribution is -0.115. The summed E-state index contributed by atoms with van der Waals surface area (Å²) in [5, 5.41) is 2.57. The van der Waals surface area contributed by atoms with Crippen molar-refractivity contribution in [1.29, 1.82) is 0 Å². The topological polar surface area (TPSA) is 54.9 Å². The zero-order chi connectivity index (χ0) is 10.6. The van der Waals surface area contributed by atoms with E-state index in [2.05, 4.69) is 44.5 Å². The van der Waals surface area contributed by atoms with Crippen LogP contribution >= 0.6 is 22.6 Å². The Morgan fingerprint density at radius 2 is 2.50 bits per heavy atom. The van der Waals surface area contributed by atoms with Gasteiger partial charge in [0.2, 0.25) is 11.9 Å². The summed E-state index contributed by atoms with van der Waals surface area (Å²) in [6, 6.07) is 0. The number of nitrogens with zero attached hydrogens (tertiary/aromatic N) is 2. The lowest BCUT2D eigenvalue weighted by Gasteiger charge is -2.02. The van der Waals surface area contributed by atoms with Crippen molar-refractivity contribution in [3.8, 4) is 0 Å². The number of carbonyl (C=O) groups is 1. The van der Waals surface area contributed by atoms with E-state index in [9.17, 15) is 4.79 Å². The Kier molecular flexibility index (Phi) is 3.99. The van der Waals surface area contributed by atoms with Crippen LogP contribution in [0.2, 0.25) is 0 Å². The van der Waals surface area contributed by atoms with Crippen molar-refractivity contribution >= 4 is 34.4 Å². The highest BCUT2D eigenvalue weighted by Gasteiger charge is 2.03. The first-order valence-electron chi connectivity index (χ1n) is 4.03. The molecular weight excluding hydrogens is 293 g/mol. The zero-order valence-electron chi connectivity index (χ0n) is 7.75. The lowest BCUT2D eigenvalue weighted by atomic mass is 10.4. The summed E-state index contributed by atoms with van der Waals surface area (Å²) >= 11 is 2.10. The molecule has 0 aromatic carbocycles. The van der Waals surface area contributed by atoms with Gasteiger partial charge >= 0.3 is 0 Å². The summed E-state index contributed by atoms with van der Waals surface area (Å²) in [6.07, 6.45) is 3.49. The monoisotopic (exact) mass is 303 g/mol. The molecule has 0 aliphatic heterocycles. The molecule has 1 N–H and O–H groups in total. The molecule has 1 aromatic rings. The van der Waals surface area contributed by atoms with Crippen LogP contribution in [0.5, 0.6) is 0 Å². The van der Waals surface area contributed by atoms with Crippen molar-refractivity contribution in [2.24, 2.45) is 0 Å². The van der Waals surface area contributed by atoms with Gasteiger partial charge in [0.05, 0.1) is 0 Å². The summed E-state index contributed by atoms with van der Waals surface area (Å²) in [4.78, 5) is 19.2. The molecule has 0 saturated carbocycles. The molecule has 4 nitrogen and oxygen atoms in total. The molecule has 5 heteroatoms. The number of nitrogens with one attached hydrogen (secondary N) is 1. The second-order valence-corrected chi connectivity index (χ2v) is 3.73. The molecule has 0 aliphatic rings. The fraction of sp³-hybridized carbons (Fsp3) is 0.222. The van der Waals surface area contributed by atoms with Gasteiger partial charge in [-0.3, -0.25) is 10.1 Å². The van der Waals surface area contributed by atoms with Crippen molar-refractivity contribution in [2.45, 2.75) is 13.3 Å². The Bertz CT molecular complexity index is 365. The molecule has 0 saturated heterocycles. The molecule has 1 heterocycles. The Balaban J connectivity index is 2.72. The van der Waals surface area contributed by atoms with E-state index in [4.69, 9.17) is 0 Å². The molecule has 74 valence electrons. The molecule has 0 fully saturated rings. The van der Waals surface area contributed by atoms with Gasteiger partial charge in [-0.1, -0.05) is 6.08 Å². The largest absolute Gasteiger partial charge is 0.294 e. The molecule has 1 aromatic heterocycles. The number of amides is 1. The van der Waals surface area contributed by atoms with E-state index in [1.165, 1.54) is 6.08 Å². The Morgan fingerprint density at radius 1 is 1.79 bits per heavy atom. The number of hydrogen-bond donors (Lipinski definition) is 1. The summed E-state index contributed by atoms with van der Waals surface area (Å²) in [6.45, 7) is 5.38. The molecule has 0 radical (unpaired) electrons. The quantitative estimate of drug-likeness (QED) is 0.527. The predicted molar refractivity (Wildman–Crippen MR) is 62.9 cm³/mol. The molecular formula is C9H10IN3O. The first kappa shape index (κ1) is 11.1. The van der Waals surface area contributed by atoms with E-state index in [0.29, 0.717) is 5.95 Å². The highest BCUT2D eigenvalue weighted by atomic mass is 127. The second-order valence-electron chi connectivity index (χ2n) is 2.71. The summed E-state index contributed by atoms with van der Waals surface area (Å²) in [5.41, 5.74) is 0.993. The molecule has 1 amide bonds. The van der Waals surface area contributed by atoms with E-state index in [1.807, 2.05) is 6.92 Å². The number of rotatable bonds is 3. The molecule has 0 atom stereocenters. The third-order valence-corrected chi connectivity index (χ3v) is 2.58. The Morgan fingerprint density at radius 3 is 3.07 bits per heavy atom.